The monoisotopic (exact) mass is 398 g/mol. The van der Waals surface area contributed by atoms with Crippen LogP contribution in [-0.2, 0) is 4.79 Å². The Labute approximate surface area is 170 Å². The van der Waals surface area contributed by atoms with Crippen LogP contribution in [0.15, 0.2) is 41.0 Å². The van der Waals surface area contributed by atoms with Crippen LogP contribution >= 0.6 is 0 Å². The minimum absolute atomic E-state index is 0.0264. The number of nitrogens with one attached hydrogen (secondary N) is 1. The number of ether oxygens (including phenoxy) is 2. The van der Waals surface area contributed by atoms with E-state index in [1.54, 1.807) is 31.3 Å². The molecule has 0 unspecified atom stereocenters. The third-order valence-electron chi connectivity index (χ3n) is 5.77. The minimum Gasteiger partial charge on any atom is -0.493 e. The largest absolute Gasteiger partial charge is 0.493 e. The van der Waals surface area contributed by atoms with Gasteiger partial charge in [0.15, 0.2) is 17.3 Å². The SMILES string of the molecule is COc1cccc([C@@H]2CN(C(=O)c3ccco3)C[C@@H]2C(=O)NCC2CC2)c1OC. The average molecular weight is 398 g/mol. The van der Waals surface area contributed by atoms with Crippen LogP contribution < -0.4 is 14.8 Å². The van der Waals surface area contributed by atoms with Crippen molar-refractivity contribution in [2.75, 3.05) is 33.9 Å². The highest BCUT2D eigenvalue weighted by atomic mass is 16.5. The van der Waals surface area contributed by atoms with Gasteiger partial charge >= 0.3 is 0 Å². The molecule has 2 atom stereocenters. The molecule has 2 aromatic rings. The van der Waals surface area contributed by atoms with E-state index in [1.165, 1.54) is 19.1 Å². The first-order chi connectivity index (χ1) is 14.1. The van der Waals surface area contributed by atoms with Gasteiger partial charge < -0.3 is 24.1 Å². The number of carbonyl (C=O) groups is 2. The van der Waals surface area contributed by atoms with Crippen molar-refractivity contribution in [3.05, 3.63) is 47.9 Å². The predicted octanol–water partition coefficient (Wildman–Crippen LogP) is 2.68. The summed E-state index contributed by atoms with van der Waals surface area (Å²) in [6, 6.07) is 8.97. The van der Waals surface area contributed by atoms with E-state index in [1.807, 2.05) is 18.2 Å². The Morgan fingerprint density at radius 1 is 1.14 bits per heavy atom. The number of methoxy groups -OCH3 is 2. The summed E-state index contributed by atoms with van der Waals surface area (Å²) in [7, 11) is 3.17. The van der Waals surface area contributed by atoms with E-state index in [2.05, 4.69) is 5.32 Å². The first-order valence-electron chi connectivity index (χ1n) is 9.93. The van der Waals surface area contributed by atoms with E-state index in [9.17, 15) is 9.59 Å². The maximum absolute atomic E-state index is 13.0. The molecule has 0 spiro atoms. The van der Waals surface area contributed by atoms with Crippen LogP contribution in [0.3, 0.4) is 0 Å². The van der Waals surface area contributed by atoms with Gasteiger partial charge in [-0.05, 0) is 37.0 Å². The molecule has 1 aromatic carbocycles. The summed E-state index contributed by atoms with van der Waals surface area (Å²) < 4.78 is 16.3. The van der Waals surface area contributed by atoms with E-state index in [0.29, 0.717) is 37.1 Å². The summed E-state index contributed by atoms with van der Waals surface area (Å²) in [5.74, 6) is 1.28. The van der Waals surface area contributed by atoms with Crippen molar-refractivity contribution in [2.24, 2.45) is 11.8 Å². The summed E-state index contributed by atoms with van der Waals surface area (Å²) in [6.45, 7) is 1.44. The van der Waals surface area contributed by atoms with Crippen LogP contribution in [0.5, 0.6) is 11.5 Å². The second kappa shape index (κ2) is 8.19. The summed E-state index contributed by atoms with van der Waals surface area (Å²) >= 11 is 0. The number of furan rings is 1. The van der Waals surface area contributed by atoms with Crippen molar-refractivity contribution >= 4 is 11.8 Å². The predicted molar refractivity (Wildman–Crippen MR) is 106 cm³/mol. The van der Waals surface area contributed by atoms with Crippen molar-refractivity contribution in [1.82, 2.24) is 10.2 Å². The fourth-order valence-corrected chi connectivity index (χ4v) is 4.01. The zero-order valence-electron chi connectivity index (χ0n) is 16.7. The summed E-state index contributed by atoms with van der Waals surface area (Å²) in [4.78, 5) is 27.6. The highest BCUT2D eigenvalue weighted by Crippen LogP contribution is 2.42. The van der Waals surface area contributed by atoms with Crippen molar-refractivity contribution in [1.29, 1.82) is 0 Å². The topological polar surface area (TPSA) is 81.0 Å². The summed E-state index contributed by atoms with van der Waals surface area (Å²) in [5, 5.41) is 3.07. The lowest BCUT2D eigenvalue weighted by molar-refractivity contribution is -0.125. The second-order valence-corrected chi connectivity index (χ2v) is 7.67. The van der Waals surface area contributed by atoms with Crippen LogP contribution in [0.25, 0.3) is 0 Å². The molecule has 4 rings (SSSR count). The van der Waals surface area contributed by atoms with Crippen LogP contribution in [0.4, 0.5) is 0 Å². The Bertz CT molecular complexity index is 875. The molecule has 29 heavy (non-hydrogen) atoms. The molecule has 2 amide bonds. The molecule has 0 radical (unpaired) electrons. The summed E-state index contributed by atoms with van der Waals surface area (Å²) in [6.07, 6.45) is 3.81. The Morgan fingerprint density at radius 3 is 2.62 bits per heavy atom. The molecule has 154 valence electrons. The van der Waals surface area contributed by atoms with Gasteiger partial charge in [-0.3, -0.25) is 9.59 Å². The normalized spacial score (nSPS) is 21.1. The molecule has 1 aromatic heterocycles. The lowest BCUT2D eigenvalue weighted by atomic mass is 9.87. The van der Waals surface area contributed by atoms with E-state index in [-0.39, 0.29) is 29.4 Å². The number of nitrogens with zero attached hydrogens (tertiary/aromatic N) is 1. The molecular weight excluding hydrogens is 372 g/mol. The Balaban J connectivity index is 1.62. The third-order valence-corrected chi connectivity index (χ3v) is 5.77. The maximum Gasteiger partial charge on any atom is 0.289 e. The minimum atomic E-state index is -0.367. The molecule has 2 aliphatic rings. The van der Waals surface area contributed by atoms with E-state index < -0.39 is 0 Å². The molecule has 2 heterocycles. The zero-order valence-corrected chi connectivity index (χ0v) is 16.7. The number of rotatable bonds is 7. The van der Waals surface area contributed by atoms with E-state index in [4.69, 9.17) is 13.9 Å². The van der Waals surface area contributed by atoms with Gasteiger partial charge in [0.05, 0.1) is 26.4 Å². The fourth-order valence-electron chi connectivity index (χ4n) is 4.01. The van der Waals surface area contributed by atoms with Gasteiger partial charge in [-0.2, -0.15) is 0 Å². The molecule has 7 heteroatoms. The van der Waals surface area contributed by atoms with Crippen LogP contribution in [0, 0.1) is 11.8 Å². The van der Waals surface area contributed by atoms with Gasteiger partial charge in [0.2, 0.25) is 5.91 Å². The van der Waals surface area contributed by atoms with Crippen LogP contribution in [0.1, 0.15) is 34.9 Å². The van der Waals surface area contributed by atoms with Gasteiger partial charge in [0.25, 0.3) is 5.91 Å². The number of hydrogen-bond donors (Lipinski definition) is 1. The van der Waals surface area contributed by atoms with Gasteiger partial charge in [-0.15, -0.1) is 0 Å². The van der Waals surface area contributed by atoms with Gasteiger partial charge in [-0.25, -0.2) is 0 Å². The molecule has 1 aliphatic heterocycles. The lowest BCUT2D eigenvalue weighted by Gasteiger charge is -2.21. The molecular formula is C22H26N2O5. The smallest absolute Gasteiger partial charge is 0.289 e. The Hall–Kier alpha value is -2.96. The number of hydrogen-bond acceptors (Lipinski definition) is 5. The second-order valence-electron chi connectivity index (χ2n) is 7.67. The van der Waals surface area contributed by atoms with Gasteiger partial charge in [0.1, 0.15) is 0 Å². The Kier molecular flexibility index (Phi) is 5.47. The molecule has 1 saturated heterocycles. The zero-order chi connectivity index (χ0) is 20.4. The number of carbonyl (C=O) groups excluding carboxylic acids is 2. The number of para-hydroxylation sites is 1. The quantitative estimate of drug-likeness (QED) is 0.776. The number of benzene rings is 1. The van der Waals surface area contributed by atoms with Crippen molar-refractivity contribution in [3.8, 4) is 11.5 Å². The van der Waals surface area contributed by atoms with Crippen LogP contribution in [0.2, 0.25) is 0 Å². The molecule has 1 N–H and O–H groups in total. The number of likely N-dealkylation sites (tertiary alicyclic amines) is 1. The highest BCUT2D eigenvalue weighted by molar-refractivity contribution is 5.93. The fraction of sp³-hybridized carbons (Fsp3) is 0.455. The first-order valence-corrected chi connectivity index (χ1v) is 9.93. The van der Waals surface area contributed by atoms with Crippen molar-refractivity contribution in [3.63, 3.8) is 0 Å². The van der Waals surface area contributed by atoms with Gasteiger partial charge in [0, 0.05) is 31.1 Å². The van der Waals surface area contributed by atoms with Crippen molar-refractivity contribution < 1.29 is 23.5 Å². The van der Waals surface area contributed by atoms with Gasteiger partial charge in [-0.1, -0.05) is 12.1 Å². The molecule has 1 saturated carbocycles. The maximum atomic E-state index is 13.0. The van der Waals surface area contributed by atoms with Crippen molar-refractivity contribution in [2.45, 2.75) is 18.8 Å². The number of amides is 2. The standard InChI is InChI=1S/C22H26N2O5/c1-27-18-6-3-5-15(20(18)28-2)16-12-24(22(26)19-7-4-10-29-19)13-17(16)21(25)23-11-14-8-9-14/h3-7,10,14,16-17H,8-9,11-13H2,1-2H3,(H,23,25)/t16-,17-/m0/s1. The Morgan fingerprint density at radius 2 is 1.97 bits per heavy atom. The molecule has 0 bridgehead atoms. The first kappa shape index (κ1) is 19.4. The molecule has 1 aliphatic carbocycles. The van der Waals surface area contributed by atoms with E-state index in [0.717, 1.165) is 5.56 Å². The summed E-state index contributed by atoms with van der Waals surface area (Å²) in [5.41, 5.74) is 0.869. The molecule has 2 fully saturated rings. The lowest BCUT2D eigenvalue weighted by Crippen LogP contribution is -2.36. The third kappa shape index (κ3) is 3.95. The highest BCUT2D eigenvalue weighted by Gasteiger charge is 2.42. The average Bonchev–Trinajstić information content (AvgIpc) is 3.23. The van der Waals surface area contributed by atoms with Crippen LogP contribution in [-0.4, -0.2) is 50.6 Å². The van der Waals surface area contributed by atoms with E-state index >= 15 is 0 Å². The molecule has 7 nitrogen and oxygen atoms in total.